The summed E-state index contributed by atoms with van der Waals surface area (Å²) < 4.78 is 0. The van der Waals surface area contributed by atoms with Gasteiger partial charge in [-0.1, -0.05) is 23.8 Å². The lowest BCUT2D eigenvalue weighted by atomic mass is 10.1. The van der Waals surface area contributed by atoms with Gasteiger partial charge in [0.05, 0.1) is 6.54 Å². The zero-order valence-electron chi connectivity index (χ0n) is 8.45. The van der Waals surface area contributed by atoms with Crippen LogP contribution in [0, 0.1) is 13.8 Å². The molecule has 0 aromatic heterocycles. The van der Waals surface area contributed by atoms with E-state index >= 15 is 0 Å². The molecule has 3 nitrogen and oxygen atoms in total. The molecule has 0 radical (unpaired) electrons. The van der Waals surface area contributed by atoms with Crippen molar-refractivity contribution in [2.24, 2.45) is 11.6 Å². The maximum absolute atomic E-state index is 5.63. The first-order chi connectivity index (χ1) is 6.50. The summed E-state index contributed by atoms with van der Waals surface area (Å²) in [7, 11) is 0. The summed E-state index contributed by atoms with van der Waals surface area (Å²) in [6.07, 6.45) is 0. The van der Waals surface area contributed by atoms with Crippen molar-refractivity contribution in [3.63, 3.8) is 0 Å². The molecule has 0 unspecified atom stereocenters. The Labute approximate surface area is 89.7 Å². The van der Waals surface area contributed by atoms with Gasteiger partial charge in [-0.15, -0.1) is 0 Å². The molecule has 0 saturated heterocycles. The zero-order valence-corrected chi connectivity index (χ0v) is 9.27. The first-order valence-corrected chi connectivity index (χ1v) is 4.79. The van der Waals surface area contributed by atoms with Crippen LogP contribution >= 0.6 is 12.2 Å². The normalized spacial score (nSPS) is 9.93. The largest absolute Gasteiger partial charge is 0.375 e. The molecule has 0 amide bonds. The SMILES string of the molecule is Cc1ccc(C)c(CN(N)C(N)=S)c1. The maximum Gasteiger partial charge on any atom is 0.180 e. The smallest absolute Gasteiger partial charge is 0.180 e. The van der Waals surface area contributed by atoms with Crippen molar-refractivity contribution in [1.82, 2.24) is 5.01 Å². The molecule has 0 bridgehead atoms. The second-order valence-electron chi connectivity index (χ2n) is 3.40. The predicted molar refractivity (Wildman–Crippen MR) is 62.4 cm³/mol. The fraction of sp³-hybridized carbons (Fsp3) is 0.300. The Kier molecular flexibility index (Phi) is 3.43. The van der Waals surface area contributed by atoms with E-state index < -0.39 is 0 Å². The van der Waals surface area contributed by atoms with Crippen molar-refractivity contribution < 1.29 is 0 Å². The number of thiocarbonyl (C=S) groups is 1. The Morgan fingerprint density at radius 3 is 2.64 bits per heavy atom. The van der Waals surface area contributed by atoms with Gasteiger partial charge in [-0.3, -0.25) is 5.01 Å². The van der Waals surface area contributed by atoms with Crippen LogP contribution in [0.15, 0.2) is 18.2 Å². The number of hydrazine groups is 1. The van der Waals surface area contributed by atoms with Crippen molar-refractivity contribution in [1.29, 1.82) is 0 Å². The van der Waals surface area contributed by atoms with Crippen LogP contribution in [0.3, 0.4) is 0 Å². The molecule has 0 atom stereocenters. The van der Waals surface area contributed by atoms with Crippen molar-refractivity contribution in [3.8, 4) is 0 Å². The number of hydrogen-bond acceptors (Lipinski definition) is 2. The number of hydrogen-bond donors (Lipinski definition) is 2. The van der Waals surface area contributed by atoms with Gasteiger partial charge in [-0.2, -0.15) is 0 Å². The van der Waals surface area contributed by atoms with Crippen LogP contribution in [-0.4, -0.2) is 10.1 Å². The number of rotatable bonds is 2. The fourth-order valence-electron chi connectivity index (χ4n) is 1.23. The van der Waals surface area contributed by atoms with Crippen LogP contribution < -0.4 is 11.6 Å². The molecule has 4 heteroatoms. The number of aryl methyl sites for hydroxylation is 2. The van der Waals surface area contributed by atoms with Crippen molar-refractivity contribution in [2.75, 3.05) is 0 Å². The summed E-state index contributed by atoms with van der Waals surface area (Å²) in [5.41, 5.74) is 8.96. The van der Waals surface area contributed by atoms with E-state index in [-0.39, 0.29) is 5.11 Å². The summed E-state index contributed by atoms with van der Waals surface area (Å²) in [4.78, 5) is 0. The molecule has 0 heterocycles. The Morgan fingerprint density at radius 1 is 1.43 bits per heavy atom. The third kappa shape index (κ3) is 2.68. The summed E-state index contributed by atoms with van der Waals surface area (Å²) in [5, 5.41) is 1.59. The van der Waals surface area contributed by atoms with E-state index in [0.717, 1.165) is 5.56 Å². The van der Waals surface area contributed by atoms with Gasteiger partial charge in [0, 0.05) is 0 Å². The van der Waals surface area contributed by atoms with E-state index in [0.29, 0.717) is 6.54 Å². The van der Waals surface area contributed by atoms with E-state index in [1.165, 1.54) is 16.1 Å². The maximum atomic E-state index is 5.63. The van der Waals surface area contributed by atoms with Crippen LogP contribution in [0.1, 0.15) is 16.7 Å². The van der Waals surface area contributed by atoms with Crippen LogP contribution in [0.25, 0.3) is 0 Å². The average molecular weight is 209 g/mol. The van der Waals surface area contributed by atoms with Gasteiger partial charge < -0.3 is 5.73 Å². The topological polar surface area (TPSA) is 55.3 Å². The van der Waals surface area contributed by atoms with Gasteiger partial charge in [-0.25, -0.2) is 5.84 Å². The van der Waals surface area contributed by atoms with Gasteiger partial charge in [-0.05, 0) is 37.2 Å². The van der Waals surface area contributed by atoms with Crippen molar-refractivity contribution in [3.05, 3.63) is 34.9 Å². The van der Waals surface area contributed by atoms with Crippen molar-refractivity contribution in [2.45, 2.75) is 20.4 Å². The molecule has 4 N–H and O–H groups in total. The standard InChI is InChI=1S/C10H15N3S/c1-7-3-4-8(2)9(5-7)6-13(12)10(11)14/h3-5H,6,12H2,1-2H3,(H2,11,14). The minimum absolute atomic E-state index is 0.214. The summed E-state index contributed by atoms with van der Waals surface area (Å²) in [5.74, 6) is 5.63. The Morgan fingerprint density at radius 2 is 2.07 bits per heavy atom. The highest BCUT2D eigenvalue weighted by molar-refractivity contribution is 7.80. The molecule has 14 heavy (non-hydrogen) atoms. The lowest BCUT2D eigenvalue weighted by Gasteiger charge is -2.17. The second-order valence-corrected chi connectivity index (χ2v) is 3.81. The van der Waals surface area contributed by atoms with Crippen molar-refractivity contribution >= 4 is 17.3 Å². The zero-order chi connectivity index (χ0) is 10.7. The van der Waals surface area contributed by atoms with E-state index in [2.05, 4.69) is 18.2 Å². The molecule has 76 valence electrons. The van der Waals surface area contributed by atoms with Crippen LogP contribution in [0.5, 0.6) is 0 Å². The molecular formula is C10H15N3S. The molecule has 0 aliphatic heterocycles. The lowest BCUT2D eigenvalue weighted by molar-refractivity contribution is 0.436. The fourth-order valence-corrected chi connectivity index (χ4v) is 1.30. The Bertz CT molecular complexity index is 349. The summed E-state index contributed by atoms with van der Waals surface area (Å²) in [6, 6.07) is 6.23. The van der Waals surface area contributed by atoms with Crippen LogP contribution in [0.2, 0.25) is 0 Å². The molecule has 0 aliphatic carbocycles. The van der Waals surface area contributed by atoms with E-state index in [4.69, 9.17) is 23.8 Å². The minimum atomic E-state index is 0.214. The quantitative estimate of drug-likeness (QED) is 0.437. The van der Waals surface area contributed by atoms with Crippen LogP contribution in [0.4, 0.5) is 0 Å². The number of nitrogens with two attached hydrogens (primary N) is 2. The monoisotopic (exact) mass is 209 g/mol. The third-order valence-electron chi connectivity index (χ3n) is 2.13. The van der Waals surface area contributed by atoms with E-state index in [9.17, 15) is 0 Å². The molecule has 0 saturated carbocycles. The highest BCUT2D eigenvalue weighted by atomic mass is 32.1. The highest BCUT2D eigenvalue weighted by Crippen LogP contribution is 2.11. The third-order valence-corrected chi connectivity index (χ3v) is 2.36. The number of nitrogens with zero attached hydrogens (tertiary/aromatic N) is 1. The molecule has 0 spiro atoms. The summed E-state index contributed by atoms with van der Waals surface area (Å²) >= 11 is 4.77. The van der Waals surface area contributed by atoms with Gasteiger partial charge in [0.25, 0.3) is 0 Å². The first-order valence-electron chi connectivity index (χ1n) is 4.38. The molecule has 1 aromatic carbocycles. The molecular weight excluding hydrogens is 194 g/mol. The molecule has 1 aromatic rings. The Hall–Kier alpha value is -1.13. The molecule has 1 rings (SSSR count). The second kappa shape index (κ2) is 4.39. The van der Waals surface area contributed by atoms with Gasteiger partial charge >= 0.3 is 0 Å². The molecule has 0 aliphatic rings. The first kappa shape index (κ1) is 10.9. The highest BCUT2D eigenvalue weighted by Gasteiger charge is 2.04. The van der Waals surface area contributed by atoms with E-state index in [1.54, 1.807) is 0 Å². The van der Waals surface area contributed by atoms with Gasteiger partial charge in [0.2, 0.25) is 0 Å². The average Bonchev–Trinajstić information content (AvgIpc) is 2.11. The minimum Gasteiger partial charge on any atom is -0.375 e. The van der Waals surface area contributed by atoms with E-state index in [1.807, 2.05) is 13.8 Å². The summed E-state index contributed by atoms with van der Waals surface area (Å²) in [6.45, 7) is 4.65. The lowest BCUT2D eigenvalue weighted by Crippen LogP contribution is -2.40. The number of benzene rings is 1. The predicted octanol–water partition coefficient (Wildman–Crippen LogP) is 1.22. The van der Waals surface area contributed by atoms with Gasteiger partial charge in [0.15, 0.2) is 5.11 Å². The molecule has 0 fully saturated rings. The van der Waals surface area contributed by atoms with Gasteiger partial charge in [0.1, 0.15) is 0 Å². The Balaban J connectivity index is 2.85. The van der Waals surface area contributed by atoms with Crippen LogP contribution in [-0.2, 0) is 6.54 Å².